The quantitative estimate of drug-likeness (QED) is 0.393. The van der Waals surface area contributed by atoms with Gasteiger partial charge in [0.15, 0.2) is 0 Å². The van der Waals surface area contributed by atoms with Crippen LogP contribution < -0.4 is 5.32 Å². The van der Waals surface area contributed by atoms with Gasteiger partial charge < -0.3 is 5.32 Å². The number of amides is 1. The number of carbonyl (C=O) groups is 1. The molecular formula is C27H26N2O. The SMILES string of the molecule is Cc1ccccc1-c1cc(C(=O)NCCCCc2ccccc2)c2ccccc2n1. The molecule has 1 aromatic heterocycles. The van der Waals surface area contributed by atoms with E-state index in [2.05, 4.69) is 48.6 Å². The van der Waals surface area contributed by atoms with Crippen LogP contribution in [0.5, 0.6) is 0 Å². The van der Waals surface area contributed by atoms with Crippen molar-refractivity contribution in [3.05, 3.63) is 102 Å². The van der Waals surface area contributed by atoms with Crippen LogP contribution in [0.4, 0.5) is 0 Å². The summed E-state index contributed by atoms with van der Waals surface area (Å²) in [5.74, 6) is -0.0388. The lowest BCUT2D eigenvalue weighted by atomic mass is 10.0. The lowest BCUT2D eigenvalue weighted by Gasteiger charge is -2.12. The third-order valence-electron chi connectivity index (χ3n) is 5.40. The minimum Gasteiger partial charge on any atom is -0.352 e. The highest BCUT2D eigenvalue weighted by Gasteiger charge is 2.14. The maximum Gasteiger partial charge on any atom is 0.252 e. The van der Waals surface area contributed by atoms with Crippen LogP contribution in [0.25, 0.3) is 22.2 Å². The molecule has 0 unspecified atom stereocenters. The summed E-state index contributed by atoms with van der Waals surface area (Å²) in [4.78, 5) is 17.8. The van der Waals surface area contributed by atoms with Gasteiger partial charge in [-0.05, 0) is 49.4 Å². The third kappa shape index (κ3) is 4.57. The largest absolute Gasteiger partial charge is 0.352 e. The van der Waals surface area contributed by atoms with Crippen molar-refractivity contribution in [1.29, 1.82) is 0 Å². The fourth-order valence-electron chi connectivity index (χ4n) is 3.76. The molecule has 3 nitrogen and oxygen atoms in total. The van der Waals surface area contributed by atoms with Crippen LogP contribution in [0, 0.1) is 6.92 Å². The first-order valence-electron chi connectivity index (χ1n) is 10.5. The molecule has 0 spiro atoms. The summed E-state index contributed by atoms with van der Waals surface area (Å²) in [6.45, 7) is 2.74. The number of unbranched alkanes of at least 4 members (excludes halogenated alkanes) is 1. The average Bonchev–Trinajstić information content (AvgIpc) is 2.79. The molecule has 0 saturated carbocycles. The predicted molar refractivity (Wildman–Crippen MR) is 124 cm³/mol. The van der Waals surface area contributed by atoms with Crippen molar-refractivity contribution in [3.8, 4) is 11.3 Å². The normalized spacial score (nSPS) is 10.8. The van der Waals surface area contributed by atoms with E-state index >= 15 is 0 Å². The Morgan fingerprint density at radius 3 is 2.43 bits per heavy atom. The Hall–Kier alpha value is -3.46. The van der Waals surface area contributed by atoms with Gasteiger partial charge in [-0.1, -0.05) is 72.8 Å². The van der Waals surface area contributed by atoms with Crippen molar-refractivity contribution >= 4 is 16.8 Å². The molecule has 0 aliphatic rings. The number of para-hydroxylation sites is 1. The second-order valence-corrected chi connectivity index (χ2v) is 7.59. The fraction of sp³-hybridized carbons (Fsp3) is 0.185. The molecule has 30 heavy (non-hydrogen) atoms. The fourth-order valence-corrected chi connectivity index (χ4v) is 3.76. The molecule has 4 rings (SSSR count). The van der Waals surface area contributed by atoms with Gasteiger partial charge in [0.05, 0.1) is 16.8 Å². The molecule has 0 saturated heterocycles. The van der Waals surface area contributed by atoms with Crippen LogP contribution in [-0.4, -0.2) is 17.4 Å². The van der Waals surface area contributed by atoms with Crippen LogP contribution in [0.15, 0.2) is 84.9 Å². The molecule has 3 heteroatoms. The maximum atomic E-state index is 13.0. The molecule has 3 aromatic carbocycles. The number of pyridine rings is 1. The first kappa shape index (κ1) is 19.8. The molecule has 4 aromatic rings. The minimum atomic E-state index is -0.0388. The summed E-state index contributed by atoms with van der Waals surface area (Å²) >= 11 is 0. The first-order valence-corrected chi connectivity index (χ1v) is 10.5. The van der Waals surface area contributed by atoms with Gasteiger partial charge in [0.25, 0.3) is 5.91 Å². The summed E-state index contributed by atoms with van der Waals surface area (Å²) in [6, 6.07) is 28.4. The van der Waals surface area contributed by atoms with Crippen LogP contribution in [0.3, 0.4) is 0 Å². The molecule has 0 bridgehead atoms. The second kappa shape index (κ2) is 9.36. The lowest BCUT2D eigenvalue weighted by molar-refractivity contribution is 0.0954. The van der Waals surface area contributed by atoms with E-state index in [0.717, 1.165) is 47.0 Å². The zero-order valence-corrected chi connectivity index (χ0v) is 17.3. The summed E-state index contributed by atoms with van der Waals surface area (Å²) in [5, 5.41) is 3.99. The number of carbonyl (C=O) groups excluding carboxylic acids is 1. The van der Waals surface area contributed by atoms with E-state index in [9.17, 15) is 4.79 Å². The number of fused-ring (bicyclic) bond motifs is 1. The third-order valence-corrected chi connectivity index (χ3v) is 5.40. The van der Waals surface area contributed by atoms with Crippen molar-refractivity contribution in [2.24, 2.45) is 0 Å². The van der Waals surface area contributed by atoms with Gasteiger partial charge in [0.2, 0.25) is 0 Å². The summed E-state index contributed by atoms with van der Waals surface area (Å²) in [6.07, 6.45) is 3.04. The zero-order chi connectivity index (χ0) is 20.8. The highest BCUT2D eigenvalue weighted by atomic mass is 16.1. The number of nitrogens with one attached hydrogen (secondary N) is 1. The number of nitrogens with zero attached hydrogens (tertiary/aromatic N) is 1. The monoisotopic (exact) mass is 394 g/mol. The molecule has 0 atom stereocenters. The molecular weight excluding hydrogens is 368 g/mol. The first-order chi connectivity index (χ1) is 14.7. The molecule has 0 radical (unpaired) electrons. The summed E-state index contributed by atoms with van der Waals surface area (Å²) < 4.78 is 0. The highest BCUT2D eigenvalue weighted by Crippen LogP contribution is 2.27. The molecule has 1 heterocycles. The number of hydrogen-bond donors (Lipinski definition) is 1. The Morgan fingerprint density at radius 2 is 1.60 bits per heavy atom. The van der Waals surface area contributed by atoms with Gasteiger partial charge in [-0.25, -0.2) is 4.98 Å². The van der Waals surface area contributed by atoms with Crippen molar-refractivity contribution in [1.82, 2.24) is 10.3 Å². The van der Waals surface area contributed by atoms with Crippen LogP contribution in [0.1, 0.15) is 34.3 Å². The molecule has 0 aliphatic carbocycles. The van der Waals surface area contributed by atoms with Crippen LogP contribution in [-0.2, 0) is 6.42 Å². The van der Waals surface area contributed by atoms with Crippen molar-refractivity contribution in [3.63, 3.8) is 0 Å². The van der Waals surface area contributed by atoms with Crippen molar-refractivity contribution < 1.29 is 4.79 Å². The molecule has 0 fully saturated rings. The van der Waals surface area contributed by atoms with Crippen molar-refractivity contribution in [2.45, 2.75) is 26.2 Å². The Kier molecular flexibility index (Phi) is 6.19. The van der Waals surface area contributed by atoms with Gasteiger partial charge in [0.1, 0.15) is 0 Å². The maximum absolute atomic E-state index is 13.0. The summed E-state index contributed by atoms with van der Waals surface area (Å²) in [5.41, 5.74) is 5.90. The smallest absolute Gasteiger partial charge is 0.252 e. The van der Waals surface area contributed by atoms with E-state index in [1.54, 1.807) is 0 Å². The van der Waals surface area contributed by atoms with Crippen molar-refractivity contribution in [2.75, 3.05) is 6.54 Å². The molecule has 1 amide bonds. The van der Waals surface area contributed by atoms with E-state index in [1.165, 1.54) is 5.56 Å². The van der Waals surface area contributed by atoms with E-state index in [0.29, 0.717) is 12.1 Å². The zero-order valence-electron chi connectivity index (χ0n) is 17.3. The Bertz CT molecular complexity index is 1150. The average molecular weight is 395 g/mol. The minimum absolute atomic E-state index is 0.0388. The van der Waals surface area contributed by atoms with Crippen LogP contribution >= 0.6 is 0 Å². The number of hydrogen-bond acceptors (Lipinski definition) is 2. The molecule has 1 N–H and O–H groups in total. The highest BCUT2D eigenvalue weighted by molar-refractivity contribution is 6.07. The lowest BCUT2D eigenvalue weighted by Crippen LogP contribution is -2.25. The number of aromatic nitrogens is 1. The summed E-state index contributed by atoms with van der Waals surface area (Å²) in [7, 11) is 0. The van der Waals surface area contributed by atoms with E-state index in [1.807, 2.05) is 48.5 Å². The Morgan fingerprint density at radius 1 is 0.867 bits per heavy atom. The van der Waals surface area contributed by atoms with E-state index in [-0.39, 0.29) is 5.91 Å². The van der Waals surface area contributed by atoms with Gasteiger partial charge in [-0.15, -0.1) is 0 Å². The van der Waals surface area contributed by atoms with Gasteiger partial charge >= 0.3 is 0 Å². The van der Waals surface area contributed by atoms with E-state index in [4.69, 9.17) is 4.98 Å². The molecule has 0 aliphatic heterocycles. The van der Waals surface area contributed by atoms with Gasteiger partial charge in [0, 0.05) is 17.5 Å². The number of benzene rings is 3. The van der Waals surface area contributed by atoms with Crippen LogP contribution in [0.2, 0.25) is 0 Å². The Labute approximate surface area is 177 Å². The Balaban J connectivity index is 1.49. The molecule has 150 valence electrons. The predicted octanol–water partition coefficient (Wildman–Crippen LogP) is 5.96. The standard InChI is InChI=1S/C27H26N2O/c1-20-11-5-6-15-22(20)26-19-24(23-16-7-8-17-25(23)29-26)27(30)28-18-10-9-14-21-12-3-2-4-13-21/h2-8,11-13,15-17,19H,9-10,14,18H2,1H3,(H,28,30). The van der Waals surface area contributed by atoms with Gasteiger partial charge in [-0.2, -0.15) is 0 Å². The van der Waals surface area contributed by atoms with Gasteiger partial charge in [-0.3, -0.25) is 4.79 Å². The number of aryl methyl sites for hydroxylation is 2. The topological polar surface area (TPSA) is 42.0 Å². The number of rotatable bonds is 7. The second-order valence-electron chi connectivity index (χ2n) is 7.59. The van der Waals surface area contributed by atoms with E-state index < -0.39 is 0 Å².